The van der Waals surface area contributed by atoms with Gasteiger partial charge >= 0.3 is 0 Å². The zero-order valence-corrected chi connectivity index (χ0v) is 14.6. The molecule has 0 saturated heterocycles. The minimum absolute atomic E-state index is 0.0291. The number of amidine groups is 1. The lowest BCUT2D eigenvalue weighted by Gasteiger charge is -2.31. The van der Waals surface area contributed by atoms with Crippen molar-refractivity contribution in [2.24, 2.45) is 5.16 Å². The van der Waals surface area contributed by atoms with Crippen molar-refractivity contribution in [2.45, 2.75) is 12.5 Å². The minimum atomic E-state index is -2.80. The van der Waals surface area contributed by atoms with Crippen LogP contribution in [0.3, 0.4) is 0 Å². The molecule has 0 bridgehead atoms. The molecule has 2 unspecified atom stereocenters. The maximum atomic E-state index is 13.4. The van der Waals surface area contributed by atoms with E-state index in [1.54, 1.807) is 6.07 Å². The molecule has 5 N–H and O–H groups in total. The van der Waals surface area contributed by atoms with Crippen molar-refractivity contribution in [3.8, 4) is 0 Å². The predicted molar refractivity (Wildman–Crippen MR) is 91.9 cm³/mol. The first-order chi connectivity index (χ1) is 12.4. The van der Waals surface area contributed by atoms with E-state index in [1.807, 2.05) is 0 Å². The van der Waals surface area contributed by atoms with Gasteiger partial charge in [0.05, 0.1) is 6.04 Å². The van der Waals surface area contributed by atoms with E-state index in [4.69, 9.17) is 4.78 Å². The molecule has 1 heterocycles. The van der Waals surface area contributed by atoms with Crippen molar-refractivity contribution in [1.29, 1.82) is 4.78 Å². The van der Waals surface area contributed by atoms with Crippen LogP contribution in [0.4, 0.5) is 10.2 Å². The Morgan fingerprint density at radius 3 is 3.04 bits per heavy atom. The molecule has 2 atom stereocenters. The molecular weight excluding hydrogens is 365 g/mol. The highest BCUT2D eigenvalue weighted by Gasteiger charge is 2.29. The summed E-state index contributed by atoms with van der Waals surface area (Å²) in [6, 6.07) is 4.33. The van der Waals surface area contributed by atoms with Crippen molar-refractivity contribution in [1.82, 2.24) is 20.4 Å². The fourth-order valence-electron chi connectivity index (χ4n) is 2.60. The van der Waals surface area contributed by atoms with E-state index in [0.29, 0.717) is 13.0 Å². The highest BCUT2D eigenvalue weighted by atomic mass is 32.2. The average Bonchev–Trinajstić information content (AvgIpc) is 3.02. The van der Waals surface area contributed by atoms with Crippen molar-refractivity contribution in [2.75, 3.05) is 24.7 Å². The average molecular weight is 383 g/mol. The van der Waals surface area contributed by atoms with Gasteiger partial charge in [0, 0.05) is 19.3 Å². The first-order valence-electron chi connectivity index (χ1n) is 7.69. The Labute approximate surface area is 148 Å². The number of rotatable bonds is 7. The number of nitrogens with one attached hydrogen (secondary N) is 4. The summed E-state index contributed by atoms with van der Waals surface area (Å²) in [6.45, 7) is 0.542. The molecule has 1 aliphatic rings. The lowest BCUT2D eigenvalue weighted by Crippen LogP contribution is -2.37. The summed E-state index contributed by atoms with van der Waals surface area (Å²) in [4.78, 5) is 0. The molecule has 0 radical (unpaired) electrons. The van der Waals surface area contributed by atoms with E-state index in [9.17, 15) is 13.8 Å². The number of aromatic nitrogens is 2. The molecule has 10 nitrogen and oxygen atoms in total. The molecule has 2 aromatic rings. The van der Waals surface area contributed by atoms with Gasteiger partial charge in [0.2, 0.25) is 5.82 Å². The van der Waals surface area contributed by atoms with Crippen LogP contribution in [0, 0.1) is 10.6 Å². The SMILES string of the molecule is CS(=N)(=O)NCCNc1nonc1/C(=N/O)NC1Cc2ccc(F)cc21. The first-order valence-corrected chi connectivity index (χ1v) is 9.66. The van der Waals surface area contributed by atoms with E-state index < -0.39 is 9.92 Å². The van der Waals surface area contributed by atoms with E-state index in [2.05, 4.69) is 35.5 Å². The van der Waals surface area contributed by atoms with Crippen molar-refractivity contribution < 1.29 is 18.4 Å². The fraction of sp³-hybridized carbons (Fsp3) is 0.357. The summed E-state index contributed by atoms with van der Waals surface area (Å²) in [7, 11) is -2.80. The highest BCUT2D eigenvalue weighted by molar-refractivity contribution is 7.89. The van der Waals surface area contributed by atoms with Crippen LogP contribution < -0.4 is 15.4 Å². The van der Waals surface area contributed by atoms with Gasteiger partial charge < -0.3 is 15.8 Å². The summed E-state index contributed by atoms with van der Waals surface area (Å²) >= 11 is 0. The lowest BCUT2D eigenvalue weighted by molar-refractivity contribution is 0.303. The van der Waals surface area contributed by atoms with E-state index in [0.717, 1.165) is 11.1 Å². The molecule has 1 aromatic carbocycles. The van der Waals surface area contributed by atoms with Crippen LogP contribution in [-0.2, 0) is 16.3 Å². The molecule has 0 fully saturated rings. The summed E-state index contributed by atoms with van der Waals surface area (Å²) in [5.74, 6) is -0.0857. The molecule has 0 amide bonds. The third kappa shape index (κ3) is 4.08. The number of anilines is 1. The van der Waals surface area contributed by atoms with Crippen LogP contribution in [0.25, 0.3) is 0 Å². The Kier molecular flexibility index (Phi) is 5.04. The van der Waals surface area contributed by atoms with E-state index in [1.165, 1.54) is 18.4 Å². The van der Waals surface area contributed by atoms with Crippen LogP contribution in [-0.4, -0.2) is 44.9 Å². The quantitative estimate of drug-likeness (QED) is 0.156. The molecule has 0 saturated carbocycles. The number of nitrogens with zero attached hydrogens (tertiary/aromatic N) is 3. The van der Waals surface area contributed by atoms with Crippen LogP contribution in [0.5, 0.6) is 0 Å². The van der Waals surface area contributed by atoms with Gasteiger partial charge in [-0.15, -0.1) is 0 Å². The smallest absolute Gasteiger partial charge is 0.202 e. The Hall–Kier alpha value is -2.73. The summed E-state index contributed by atoms with van der Waals surface area (Å²) < 4.78 is 39.1. The van der Waals surface area contributed by atoms with Gasteiger partial charge in [-0.1, -0.05) is 11.2 Å². The van der Waals surface area contributed by atoms with Crippen molar-refractivity contribution in [3.05, 3.63) is 40.8 Å². The molecule has 0 aliphatic heterocycles. The van der Waals surface area contributed by atoms with Gasteiger partial charge in [0.25, 0.3) is 0 Å². The van der Waals surface area contributed by atoms with Crippen molar-refractivity contribution >= 4 is 21.6 Å². The first kappa shape index (κ1) is 18.1. The third-order valence-corrected chi connectivity index (χ3v) is 4.58. The zero-order chi connectivity index (χ0) is 18.7. The second-order valence-corrected chi connectivity index (χ2v) is 7.79. The summed E-state index contributed by atoms with van der Waals surface area (Å²) in [5, 5.41) is 25.8. The van der Waals surface area contributed by atoms with Gasteiger partial charge in [-0.05, 0) is 40.0 Å². The third-order valence-electron chi connectivity index (χ3n) is 3.83. The standard InChI is InChI=1S/C14H18FN7O3S/c1-26(16,24)18-5-4-17-13-12(21-25-22-13)14(20-23)19-11-6-8-2-3-9(15)7-10(8)11/h2-3,7,11,23H,4-6H2,1H3,(H,17,22)(H,19,20)(H2,16,18,24). The van der Waals surface area contributed by atoms with Gasteiger partial charge in [-0.25, -0.2) is 22.7 Å². The molecule has 12 heteroatoms. The molecule has 3 rings (SSSR count). The second kappa shape index (κ2) is 7.25. The maximum Gasteiger partial charge on any atom is 0.202 e. The number of halogens is 1. The number of benzene rings is 1. The zero-order valence-electron chi connectivity index (χ0n) is 13.8. The monoisotopic (exact) mass is 383 g/mol. The number of fused-ring (bicyclic) bond motifs is 1. The van der Waals surface area contributed by atoms with Crippen molar-refractivity contribution in [3.63, 3.8) is 0 Å². The Balaban J connectivity index is 1.64. The van der Waals surface area contributed by atoms with Gasteiger partial charge in [0.15, 0.2) is 11.5 Å². The lowest BCUT2D eigenvalue weighted by atomic mass is 9.83. The van der Waals surface area contributed by atoms with E-state index in [-0.39, 0.29) is 35.8 Å². The van der Waals surface area contributed by atoms with Gasteiger partial charge in [0.1, 0.15) is 15.7 Å². The Morgan fingerprint density at radius 2 is 2.31 bits per heavy atom. The maximum absolute atomic E-state index is 13.4. The normalized spacial score (nSPS) is 18.5. The molecule has 1 aromatic heterocycles. The predicted octanol–water partition coefficient (Wildman–Crippen LogP) is 0.825. The Morgan fingerprint density at radius 1 is 1.50 bits per heavy atom. The fourth-order valence-corrected chi connectivity index (χ4v) is 3.09. The van der Waals surface area contributed by atoms with Crippen LogP contribution >= 0.6 is 0 Å². The van der Waals surface area contributed by atoms with Gasteiger partial charge in [-0.2, -0.15) is 0 Å². The summed E-state index contributed by atoms with van der Waals surface area (Å²) in [5.41, 5.74) is 1.96. The molecule has 26 heavy (non-hydrogen) atoms. The molecular formula is C14H18FN7O3S. The number of oxime groups is 1. The summed E-state index contributed by atoms with van der Waals surface area (Å²) in [6.07, 6.45) is 1.93. The number of hydrogen-bond acceptors (Lipinski definition) is 8. The molecule has 1 aliphatic carbocycles. The van der Waals surface area contributed by atoms with Crippen LogP contribution in [0.15, 0.2) is 28.0 Å². The highest BCUT2D eigenvalue weighted by Crippen LogP contribution is 2.33. The topological polar surface area (TPSA) is 149 Å². The molecule has 0 spiro atoms. The molecule has 140 valence electrons. The number of hydrogen-bond donors (Lipinski definition) is 5. The van der Waals surface area contributed by atoms with Gasteiger partial charge in [-0.3, -0.25) is 0 Å². The van der Waals surface area contributed by atoms with Crippen LogP contribution in [0.1, 0.15) is 22.9 Å². The van der Waals surface area contributed by atoms with Crippen LogP contribution in [0.2, 0.25) is 0 Å². The second-order valence-electron chi connectivity index (χ2n) is 5.82. The van der Waals surface area contributed by atoms with E-state index >= 15 is 0 Å². The Bertz CT molecular complexity index is 928. The largest absolute Gasteiger partial charge is 0.409 e. The minimum Gasteiger partial charge on any atom is -0.409 e.